The van der Waals surface area contributed by atoms with E-state index in [0.29, 0.717) is 24.7 Å². The smallest absolute Gasteiger partial charge is 0.231 e. The molecule has 28 heavy (non-hydrogen) atoms. The molecule has 0 radical (unpaired) electrons. The van der Waals surface area contributed by atoms with Crippen molar-refractivity contribution in [2.45, 2.75) is 18.8 Å². The highest BCUT2D eigenvalue weighted by molar-refractivity contribution is 5.96. The van der Waals surface area contributed by atoms with Crippen molar-refractivity contribution in [3.05, 3.63) is 77.8 Å². The predicted molar refractivity (Wildman–Crippen MR) is 102 cm³/mol. The molecule has 1 amide bonds. The van der Waals surface area contributed by atoms with Gasteiger partial charge in [-0.15, -0.1) is 0 Å². The lowest BCUT2D eigenvalue weighted by molar-refractivity contribution is -0.117. The van der Waals surface area contributed by atoms with Crippen LogP contribution in [-0.4, -0.2) is 27.6 Å². The summed E-state index contributed by atoms with van der Waals surface area (Å²) in [6.45, 7) is 0.339. The van der Waals surface area contributed by atoms with Gasteiger partial charge in [-0.05, 0) is 23.8 Å². The first kappa shape index (κ1) is 16.7. The predicted octanol–water partition coefficient (Wildman–Crippen LogP) is 3.80. The van der Waals surface area contributed by atoms with Gasteiger partial charge in [0.15, 0.2) is 5.82 Å². The van der Waals surface area contributed by atoms with Gasteiger partial charge in [0.2, 0.25) is 11.8 Å². The van der Waals surface area contributed by atoms with E-state index < -0.39 is 5.82 Å². The molecule has 0 aliphatic carbocycles. The molecule has 1 unspecified atom stereocenters. The Morgan fingerprint density at radius 3 is 2.89 bits per heavy atom. The molecule has 7 heteroatoms. The molecular weight excluding hydrogens is 359 g/mol. The van der Waals surface area contributed by atoms with E-state index in [4.69, 9.17) is 4.52 Å². The fourth-order valence-electron chi connectivity index (χ4n) is 3.73. The number of hydrogen-bond donors (Lipinski definition) is 1. The molecule has 140 valence electrons. The Bertz CT molecular complexity index is 1170. The SMILES string of the molecule is O=C1CC(c2noc(Cc3c[nH]c4ccccc34)n2)CN1c1ccccc1F. The zero-order valence-electron chi connectivity index (χ0n) is 14.9. The zero-order valence-corrected chi connectivity index (χ0v) is 14.9. The van der Waals surface area contributed by atoms with Crippen molar-refractivity contribution >= 4 is 22.5 Å². The number of amides is 1. The average molecular weight is 376 g/mol. The number of benzene rings is 2. The summed E-state index contributed by atoms with van der Waals surface area (Å²) in [4.78, 5) is 21.6. The van der Waals surface area contributed by atoms with E-state index >= 15 is 0 Å². The van der Waals surface area contributed by atoms with Gasteiger partial charge in [0.1, 0.15) is 5.82 Å². The lowest BCUT2D eigenvalue weighted by Crippen LogP contribution is -2.25. The minimum Gasteiger partial charge on any atom is -0.361 e. The normalized spacial score (nSPS) is 17.0. The van der Waals surface area contributed by atoms with Gasteiger partial charge in [-0.25, -0.2) is 4.39 Å². The van der Waals surface area contributed by atoms with Gasteiger partial charge in [0, 0.05) is 36.0 Å². The molecule has 3 heterocycles. The summed E-state index contributed by atoms with van der Waals surface area (Å²) in [6.07, 6.45) is 2.68. The fraction of sp³-hybridized carbons (Fsp3) is 0.190. The molecule has 2 aromatic carbocycles. The van der Waals surface area contributed by atoms with Crippen LogP contribution >= 0.6 is 0 Å². The Morgan fingerprint density at radius 1 is 1.18 bits per heavy atom. The van der Waals surface area contributed by atoms with Crippen LogP contribution in [0.2, 0.25) is 0 Å². The van der Waals surface area contributed by atoms with Crippen molar-refractivity contribution in [2.24, 2.45) is 0 Å². The third-order valence-corrected chi connectivity index (χ3v) is 5.13. The fourth-order valence-corrected chi connectivity index (χ4v) is 3.73. The second kappa shape index (κ2) is 6.60. The van der Waals surface area contributed by atoms with Crippen molar-refractivity contribution in [1.82, 2.24) is 15.1 Å². The van der Waals surface area contributed by atoms with Gasteiger partial charge in [-0.3, -0.25) is 4.79 Å². The standard InChI is InChI=1S/C21H17FN4O2/c22-16-6-2-4-8-18(16)26-12-14(10-20(26)27)21-24-19(28-25-21)9-13-11-23-17-7-3-1-5-15(13)17/h1-8,11,14,23H,9-10,12H2. The molecule has 1 atom stereocenters. The van der Waals surface area contributed by atoms with Crippen molar-refractivity contribution in [2.75, 3.05) is 11.4 Å². The molecule has 4 aromatic rings. The molecule has 1 saturated heterocycles. The maximum Gasteiger partial charge on any atom is 0.231 e. The molecule has 1 N–H and O–H groups in total. The monoisotopic (exact) mass is 376 g/mol. The number of para-hydroxylation sites is 2. The van der Waals surface area contributed by atoms with Crippen LogP contribution in [0.15, 0.2) is 59.3 Å². The van der Waals surface area contributed by atoms with Crippen molar-refractivity contribution in [1.29, 1.82) is 0 Å². The van der Waals surface area contributed by atoms with Crippen LogP contribution < -0.4 is 4.90 Å². The molecule has 5 rings (SSSR count). The number of carbonyl (C=O) groups excluding carboxylic acids is 1. The molecule has 6 nitrogen and oxygen atoms in total. The molecule has 1 fully saturated rings. The van der Waals surface area contributed by atoms with Crippen molar-refractivity contribution in [3.8, 4) is 0 Å². The van der Waals surface area contributed by atoms with E-state index in [1.54, 1.807) is 18.2 Å². The van der Waals surface area contributed by atoms with Gasteiger partial charge in [0.25, 0.3) is 0 Å². The number of hydrogen-bond acceptors (Lipinski definition) is 4. The highest BCUT2D eigenvalue weighted by Gasteiger charge is 2.35. The van der Waals surface area contributed by atoms with Crippen molar-refractivity contribution < 1.29 is 13.7 Å². The molecule has 0 bridgehead atoms. The second-order valence-corrected chi connectivity index (χ2v) is 6.94. The summed E-state index contributed by atoms with van der Waals surface area (Å²) < 4.78 is 19.5. The Morgan fingerprint density at radius 2 is 2.00 bits per heavy atom. The molecule has 1 aliphatic heterocycles. The van der Waals surface area contributed by atoms with Crippen LogP contribution in [0.5, 0.6) is 0 Å². The Hall–Kier alpha value is -3.48. The number of aromatic nitrogens is 3. The highest BCUT2D eigenvalue weighted by Crippen LogP contribution is 2.32. The first-order chi connectivity index (χ1) is 13.7. The number of H-pyrrole nitrogens is 1. The summed E-state index contributed by atoms with van der Waals surface area (Å²) in [5.41, 5.74) is 2.41. The van der Waals surface area contributed by atoms with Crippen LogP contribution in [0.3, 0.4) is 0 Å². The van der Waals surface area contributed by atoms with E-state index in [2.05, 4.69) is 15.1 Å². The van der Waals surface area contributed by atoms with Crippen LogP contribution in [-0.2, 0) is 11.2 Å². The quantitative estimate of drug-likeness (QED) is 0.588. The van der Waals surface area contributed by atoms with E-state index in [9.17, 15) is 9.18 Å². The number of rotatable bonds is 4. The minimum absolute atomic E-state index is 0.141. The largest absolute Gasteiger partial charge is 0.361 e. The average Bonchev–Trinajstić information content (AvgIpc) is 3.42. The number of nitrogens with one attached hydrogen (secondary N) is 1. The summed E-state index contributed by atoms with van der Waals surface area (Å²) >= 11 is 0. The molecule has 1 aliphatic rings. The molecular formula is C21H17FN4O2. The molecule has 0 spiro atoms. The zero-order chi connectivity index (χ0) is 19.1. The number of halogens is 1. The third-order valence-electron chi connectivity index (χ3n) is 5.13. The summed E-state index contributed by atoms with van der Waals surface area (Å²) in [5, 5.41) is 5.19. The van der Waals surface area contributed by atoms with Gasteiger partial charge < -0.3 is 14.4 Å². The summed E-state index contributed by atoms with van der Waals surface area (Å²) in [5.74, 6) is 0.217. The van der Waals surface area contributed by atoms with Gasteiger partial charge in [-0.2, -0.15) is 4.98 Å². The first-order valence-corrected chi connectivity index (χ1v) is 9.11. The van der Waals surface area contributed by atoms with Gasteiger partial charge in [-0.1, -0.05) is 35.5 Å². The van der Waals surface area contributed by atoms with Gasteiger partial charge in [0.05, 0.1) is 12.1 Å². The first-order valence-electron chi connectivity index (χ1n) is 9.11. The van der Waals surface area contributed by atoms with Crippen LogP contribution in [0.25, 0.3) is 10.9 Å². The molecule has 2 aromatic heterocycles. The van der Waals surface area contributed by atoms with Crippen LogP contribution in [0, 0.1) is 5.82 Å². The number of carbonyl (C=O) groups is 1. The number of nitrogens with zero attached hydrogens (tertiary/aromatic N) is 3. The van der Waals surface area contributed by atoms with E-state index in [1.807, 2.05) is 30.5 Å². The number of aromatic amines is 1. The lowest BCUT2D eigenvalue weighted by atomic mass is 10.1. The number of anilines is 1. The van der Waals surface area contributed by atoms with Gasteiger partial charge >= 0.3 is 0 Å². The lowest BCUT2D eigenvalue weighted by Gasteiger charge is -2.16. The maximum atomic E-state index is 14.0. The summed E-state index contributed by atoms with van der Waals surface area (Å²) in [6, 6.07) is 14.3. The highest BCUT2D eigenvalue weighted by atomic mass is 19.1. The number of fused-ring (bicyclic) bond motifs is 1. The topological polar surface area (TPSA) is 75.0 Å². The Labute approximate surface area is 160 Å². The van der Waals surface area contributed by atoms with Crippen molar-refractivity contribution in [3.63, 3.8) is 0 Å². The van der Waals surface area contributed by atoms with Crippen LogP contribution in [0.1, 0.15) is 29.6 Å². The van der Waals surface area contributed by atoms with E-state index in [0.717, 1.165) is 16.5 Å². The summed E-state index contributed by atoms with van der Waals surface area (Å²) in [7, 11) is 0. The molecule has 0 saturated carbocycles. The van der Waals surface area contributed by atoms with Crippen LogP contribution in [0.4, 0.5) is 10.1 Å². The second-order valence-electron chi connectivity index (χ2n) is 6.94. The third kappa shape index (κ3) is 2.85. The minimum atomic E-state index is -0.412. The maximum absolute atomic E-state index is 14.0. The van der Waals surface area contributed by atoms with E-state index in [1.165, 1.54) is 11.0 Å². The Kier molecular flexibility index (Phi) is 3.93. The van der Waals surface area contributed by atoms with E-state index in [-0.39, 0.29) is 23.9 Å². The Balaban J connectivity index is 1.35.